The van der Waals surface area contributed by atoms with Gasteiger partial charge in [0.15, 0.2) is 17.6 Å². The lowest BCUT2D eigenvalue weighted by atomic mass is 9.90. The number of phenols is 1. The second-order valence-electron chi connectivity index (χ2n) is 7.58. The van der Waals surface area contributed by atoms with Crippen molar-refractivity contribution >= 4 is 23.2 Å². The van der Waals surface area contributed by atoms with E-state index in [1.807, 2.05) is 30.3 Å². The minimum absolute atomic E-state index is 0.0419. The van der Waals surface area contributed by atoms with Gasteiger partial charge in [0.25, 0.3) is 5.91 Å². The standard InChI is InChI=1S/C24H19FN2O5/c1-31-19-13-14(7-12-18(19)28)21-20-22(32-27(21)17-5-3-2-4-6-17)24(30)26(23(20)29)16-10-8-15(25)9-11-16/h2-13,20-22,28H,1H3/t20-,21-,22+/m0/s1. The third kappa shape index (κ3) is 3.07. The van der Waals surface area contributed by atoms with E-state index in [1.165, 1.54) is 37.4 Å². The maximum absolute atomic E-state index is 13.5. The fourth-order valence-corrected chi connectivity index (χ4v) is 4.28. The van der Waals surface area contributed by atoms with Gasteiger partial charge in [-0.15, -0.1) is 0 Å². The van der Waals surface area contributed by atoms with E-state index in [0.29, 0.717) is 11.3 Å². The molecule has 0 saturated carbocycles. The molecule has 5 rings (SSSR count). The molecular formula is C24H19FN2O5. The largest absolute Gasteiger partial charge is 0.504 e. The van der Waals surface area contributed by atoms with Crippen LogP contribution in [0.1, 0.15) is 11.6 Å². The second kappa shape index (κ2) is 7.65. The summed E-state index contributed by atoms with van der Waals surface area (Å²) in [6.45, 7) is 0. The molecule has 2 amide bonds. The summed E-state index contributed by atoms with van der Waals surface area (Å²) in [7, 11) is 1.43. The molecule has 32 heavy (non-hydrogen) atoms. The summed E-state index contributed by atoms with van der Waals surface area (Å²) in [5.41, 5.74) is 1.60. The number of nitrogens with zero attached hydrogens (tertiary/aromatic N) is 2. The quantitative estimate of drug-likeness (QED) is 0.633. The molecule has 162 valence electrons. The molecule has 3 aromatic rings. The van der Waals surface area contributed by atoms with Gasteiger partial charge in [0.1, 0.15) is 11.7 Å². The summed E-state index contributed by atoms with van der Waals surface area (Å²) in [5.74, 6) is -2.07. The average molecular weight is 434 g/mol. The van der Waals surface area contributed by atoms with E-state index in [9.17, 15) is 19.1 Å². The number of carbonyl (C=O) groups is 2. The lowest BCUT2D eigenvalue weighted by Gasteiger charge is -2.29. The van der Waals surface area contributed by atoms with Crippen molar-refractivity contribution < 1.29 is 28.7 Å². The van der Waals surface area contributed by atoms with Gasteiger partial charge in [0.2, 0.25) is 5.91 Å². The van der Waals surface area contributed by atoms with Crippen molar-refractivity contribution in [3.63, 3.8) is 0 Å². The molecule has 2 fully saturated rings. The van der Waals surface area contributed by atoms with Gasteiger partial charge >= 0.3 is 0 Å². The molecule has 1 N–H and O–H groups in total. The third-order valence-corrected chi connectivity index (χ3v) is 5.76. The number of hydrogen-bond acceptors (Lipinski definition) is 6. The molecule has 2 heterocycles. The average Bonchev–Trinajstić information content (AvgIpc) is 3.32. The molecule has 0 unspecified atom stereocenters. The zero-order valence-electron chi connectivity index (χ0n) is 17.0. The summed E-state index contributed by atoms with van der Waals surface area (Å²) in [6.07, 6.45) is -1.04. The number of fused-ring (bicyclic) bond motifs is 1. The van der Waals surface area contributed by atoms with E-state index in [2.05, 4.69) is 0 Å². The first-order valence-corrected chi connectivity index (χ1v) is 10.0. The lowest BCUT2D eigenvalue weighted by molar-refractivity contribution is -0.126. The minimum Gasteiger partial charge on any atom is -0.504 e. The summed E-state index contributed by atoms with van der Waals surface area (Å²) < 4.78 is 18.6. The monoisotopic (exact) mass is 434 g/mol. The molecular weight excluding hydrogens is 415 g/mol. The van der Waals surface area contributed by atoms with E-state index < -0.39 is 35.7 Å². The van der Waals surface area contributed by atoms with E-state index in [-0.39, 0.29) is 17.2 Å². The molecule has 0 aliphatic carbocycles. The molecule has 2 saturated heterocycles. The van der Waals surface area contributed by atoms with E-state index in [0.717, 1.165) is 4.90 Å². The Morgan fingerprint density at radius 1 is 0.938 bits per heavy atom. The van der Waals surface area contributed by atoms with Gasteiger partial charge in [-0.3, -0.25) is 14.4 Å². The van der Waals surface area contributed by atoms with Gasteiger partial charge in [-0.25, -0.2) is 14.4 Å². The highest BCUT2D eigenvalue weighted by molar-refractivity contribution is 6.23. The number of anilines is 2. The Bertz CT molecular complexity index is 1180. The number of carbonyl (C=O) groups excluding carboxylic acids is 2. The molecule has 3 aromatic carbocycles. The van der Waals surface area contributed by atoms with Crippen molar-refractivity contribution in [1.29, 1.82) is 0 Å². The van der Waals surface area contributed by atoms with Gasteiger partial charge in [-0.2, -0.15) is 0 Å². The molecule has 3 atom stereocenters. The Labute approximate surface area is 183 Å². The topological polar surface area (TPSA) is 79.3 Å². The first-order chi connectivity index (χ1) is 15.5. The molecule has 0 radical (unpaired) electrons. The summed E-state index contributed by atoms with van der Waals surface area (Å²) in [4.78, 5) is 33.8. The first kappa shape index (κ1) is 20.0. The molecule has 2 aliphatic rings. The van der Waals surface area contributed by atoms with Crippen molar-refractivity contribution in [2.45, 2.75) is 12.1 Å². The van der Waals surface area contributed by atoms with Crippen molar-refractivity contribution in [3.05, 3.63) is 84.2 Å². The predicted molar refractivity (Wildman–Crippen MR) is 114 cm³/mol. The zero-order chi connectivity index (χ0) is 22.4. The fraction of sp³-hybridized carbons (Fsp3) is 0.167. The number of ether oxygens (including phenoxy) is 1. The van der Waals surface area contributed by atoms with Crippen LogP contribution in [-0.4, -0.2) is 30.1 Å². The van der Waals surface area contributed by atoms with Crippen LogP contribution in [0.15, 0.2) is 72.8 Å². The van der Waals surface area contributed by atoms with Gasteiger partial charge in [-0.1, -0.05) is 24.3 Å². The van der Waals surface area contributed by atoms with Crippen LogP contribution in [0.5, 0.6) is 11.5 Å². The number of hydroxylamine groups is 1. The second-order valence-corrected chi connectivity index (χ2v) is 7.58. The van der Waals surface area contributed by atoms with Gasteiger partial charge in [0.05, 0.1) is 24.5 Å². The third-order valence-electron chi connectivity index (χ3n) is 5.76. The first-order valence-electron chi connectivity index (χ1n) is 10.0. The lowest BCUT2D eigenvalue weighted by Crippen LogP contribution is -2.37. The van der Waals surface area contributed by atoms with Crippen molar-refractivity contribution in [3.8, 4) is 11.5 Å². The number of benzene rings is 3. The molecule has 8 heteroatoms. The Morgan fingerprint density at radius 3 is 2.34 bits per heavy atom. The van der Waals surface area contributed by atoms with Crippen molar-refractivity contribution in [2.24, 2.45) is 5.92 Å². The van der Waals surface area contributed by atoms with Crippen LogP contribution in [0.3, 0.4) is 0 Å². The normalized spacial score (nSPS) is 22.4. The van der Waals surface area contributed by atoms with E-state index >= 15 is 0 Å². The molecule has 0 spiro atoms. The maximum Gasteiger partial charge on any atom is 0.266 e. The fourth-order valence-electron chi connectivity index (χ4n) is 4.28. The highest BCUT2D eigenvalue weighted by Crippen LogP contribution is 2.48. The van der Waals surface area contributed by atoms with Crippen LogP contribution in [0.4, 0.5) is 15.8 Å². The Kier molecular flexibility index (Phi) is 4.79. The Balaban J connectivity index is 1.60. The highest BCUT2D eigenvalue weighted by Gasteiger charge is 2.60. The van der Waals surface area contributed by atoms with Crippen molar-refractivity contribution in [2.75, 3.05) is 17.1 Å². The number of imide groups is 1. The van der Waals surface area contributed by atoms with Crippen LogP contribution < -0.4 is 14.7 Å². The number of rotatable bonds is 4. The molecule has 2 aliphatic heterocycles. The van der Waals surface area contributed by atoms with Crippen LogP contribution in [0.25, 0.3) is 0 Å². The van der Waals surface area contributed by atoms with Crippen LogP contribution in [-0.2, 0) is 14.4 Å². The maximum atomic E-state index is 13.5. The summed E-state index contributed by atoms with van der Waals surface area (Å²) in [6, 6.07) is 18.4. The SMILES string of the molecule is COc1cc([C@H]2[C@@H]3C(=O)N(c4ccc(F)cc4)C(=O)[C@@H]3ON2c2ccccc2)ccc1O. The van der Waals surface area contributed by atoms with Crippen molar-refractivity contribution in [1.82, 2.24) is 0 Å². The molecule has 7 nitrogen and oxygen atoms in total. The Hall–Kier alpha value is -3.91. The predicted octanol–water partition coefficient (Wildman–Crippen LogP) is 3.59. The number of para-hydroxylation sites is 1. The minimum atomic E-state index is -1.04. The number of methoxy groups -OCH3 is 1. The number of aromatic hydroxyl groups is 1. The van der Waals surface area contributed by atoms with Gasteiger partial charge in [0, 0.05) is 0 Å². The smallest absolute Gasteiger partial charge is 0.266 e. The number of amides is 2. The summed E-state index contributed by atoms with van der Waals surface area (Å²) >= 11 is 0. The highest BCUT2D eigenvalue weighted by atomic mass is 19.1. The van der Waals surface area contributed by atoms with Crippen LogP contribution in [0, 0.1) is 11.7 Å². The Morgan fingerprint density at radius 2 is 1.66 bits per heavy atom. The number of halogens is 1. The van der Waals surface area contributed by atoms with Gasteiger partial charge < -0.3 is 9.84 Å². The van der Waals surface area contributed by atoms with E-state index in [4.69, 9.17) is 9.57 Å². The van der Waals surface area contributed by atoms with Crippen LogP contribution in [0.2, 0.25) is 0 Å². The van der Waals surface area contributed by atoms with E-state index in [1.54, 1.807) is 17.2 Å². The summed E-state index contributed by atoms with van der Waals surface area (Å²) in [5, 5.41) is 11.6. The zero-order valence-corrected chi connectivity index (χ0v) is 17.0. The number of phenolic OH excluding ortho intramolecular Hbond substituents is 1. The molecule has 0 aromatic heterocycles. The van der Waals surface area contributed by atoms with Gasteiger partial charge in [-0.05, 0) is 54.1 Å². The molecule has 0 bridgehead atoms. The number of hydrogen-bond donors (Lipinski definition) is 1. The van der Waals surface area contributed by atoms with Crippen LogP contribution >= 0.6 is 0 Å².